The lowest BCUT2D eigenvalue weighted by Crippen LogP contribution is -1.58. The summed E-state index contributed by atoms with van der Waals surface area (Å²) in [6, 6.07) is 3.44. The fourth-order valence-electron chi connectivity index (χ4n) is 0.455. The van der Waals surface area contributed by atoms with Gasteiger partial charge in [0.15, 0.2) is 5.76 Å². The number of hydrogen-bond donors (Lipinski definition) is 0. The highest BCUT2D eigenvalue weighted by Gasteiger charge is 1.89. The van der Waals surface area contributed by atoms with Gasteiger partial charge < -0.3 is 4.42 Å². The molecule has 1 aromatic rings. The van der Waals surface area contributed by atoms with Gasteiger partial charge in [0.25, 0.3) is 0 Å². The minimum Gasteiger partial charge on any atom is -0.453 e. The van der Waals surface area contributed by atoms with E-state index >= 15 is 0 Å². The third-order valence-electron chi connectivity index (χ3n) is 0.804. The van der Waals surface area contributed by atoms with Crippen molar-refractivity contribution in [1.29, 1.82) is 0 Å². The van der Waals surface area contributed by atoms with Gasteiger partial charge in [0.2, 0.25) is 0 Å². The SMILES string of the molecule is C#Cc1ccc([CH2])o1. The molecule has 1 radical (unpaired) electrons. The summed E-state index contributed by atoms with van der Waals surface area (Å²) in [6.45, 7) is 3.53. The van der Waals surface area contributed by atoms with Crippen LogP contribution in [0.15, 0.2) is 16.5 Å². The van der Waals surface area contributed by atoms with Crippen LogP contribution >= 0.6 is 0 Å². The first kappa shape index (κ1) is 4.99. The fourth-order valence-corrected chi connectivity index (χ4v) is 0.455. The van der Waals surface area contributed by atoms with Crippen LogP contribution in [0.3, 0.4) is 0 Å². The van der Waals surface area contributed by atoms with Crippen molar-refractivity contribution in [3.8, 4) is 12.3 Å². The molecule has 0 unspecified atom stereocenters. The lowest BCUT2D eigenvalue weighted by atomic mass is 10.4. The van der Waals surface area contributed by atoms with Gasteiger partial charge >= 0.3 is 0 Å². The molecule has 0 aliphatic carbocycles. The molecule has 0 atom stereocenters. The average Bonchev–Trinajstić information content (AvgIpc) is 2.14. The molecule has 0 saturated carbocycles. The second kappa shape index (κ2) is 1.75. The van der Waals surface area contributed by atoms with Gasteiger partial charge in [-0.2, -0.15) is 0 Å². The van der Waals surface area contributed by atoms with Crippen LogP contribution in [0.2, 0.25) is 0 Å². The van der Waals surface area contributed by atoms with Crippen molar-refractivity contribution < 1.29 is 4.42 Å². The van der Waals surface area contributed by atoms with E-state index in [0.717, 1.165) is 0 Å². The third kappa shape index (κ3) is 0.737. The second-order valence-electron chi connectivity index (χ2n) is 1.41. The molecule has 0 bridgehead atoms. The molecular formula is C7H5O. The zero-order chi connectivity index (χ0) is 5.98. The summed E-state index contributed by atoms with van der Waals surface area (Å²) in [5.74, 6) is 3.49. The zero-order valence-electron chi connectivity index (χ0n) is 4.35. The molecule has 1 rings (SSSR count). The Bertz CT molecular complexity index is 215. The van der Waals surface area contributed by atoms with E-state index < -0.39 is 0 Å². The van der Waals surface area contributed by atoms with Crippen LogP contribution in [-0.4, -0.2) is 0 Å². The van der Waals surface area contributed by atoms with Crippen LogP contribution in [-0.2, 0) is 0 Å². The maximum Gasteiger partial charge on any atom is 0.176 e. The Kier molecular flexibility index (Phi) is 1.09. The van der Waals surface area contributed by atoms with Crippen LogP contribution < -0.4 is 0 Å². The lowest BCUT2D eigenvalue weighted by Gasteiger charge is -1.75. The maximum atomic E-state index is 4.99. The van der Waals surface area contributed by atoms with Gasteiger partial charge in [-0.15, -0.1) is 6.42 Å². The highest BCUT2D eigenvalue weighted by molar-refractivity contribution is 5.23. The summed E-state index contributed by atoms with van der Waals surface area (Å²) in [7, 11) is 0. The number of hydrogen-bond acceptors (Lipinski definition) is 1. The molecular weight excluding hydrogens is 100 g/mol. The van der Waals surface area contributed by atoms with E-state index in [0.29, 0.717) is 11.5 Å². The molecule has 1 heterocycles. The summed E-state index contributed by atoms with van der Waals surface area (Å²) in [4.78, 5) is 0. The minimum absolute atomic E-state index is 0.537. The molecule has 0 N–H and O–H groups in total. The van der Waals surface area contributed by atoms with Gasteiger partial charge in [-0.3, -0.25) is 0 Å². The normalized spacial score (nSPS) is 8.50. The van der Waals surface area contributed by atoms with E-state index in [2.05, 4.69) is 12.8 Å². The van der Waals surface area contributed by atoms with E-state index in [1.54, 1.807) is 12.1 Å². The summed E-state index contributed by atoms with van der Waals surface area (Å²) >= 11 is 0. The quantitative estimate of drug-likeness (QED) is 0.455. The highest BCUT2D eigenvalue weighted by Crippen LogP contribution is 2.02. The summed E-state index contributed by atoms with van der Waals surface area (Å²) in [5, 5.41) is 0. The summed E-state index contributed by atoms with van der Waals surface area (Å²) in [6.07, 6.45) is 4.99. The number of terminal acetylenes is 1. The summed E-state index contributed by atoms with van der Waals surface area (Å²) < 4.78 is 4.89. The Morgan fingerprint density at radius 2 is 2.38 bits per heavy atom. The third-order valence-corrected chi connectivity index (χ3v) is 0.804. The molecule has 0 saturated heterocycles. The van der Waals surface area contributed by atoms with Crippen molar-refractivity contribution in [3.05, 3.63) is 30.6 Å². The first-order valence-electron chi connectivity index (χ1n) is 2.21. The molecule has 8 heavy (non-hydrogen) atoms. The molecule has 0 aromatic carbocycles. The van der Waals surface area contributed by atoms with E-state index in [9.17, 15) is 0 Å². The predicted molar refractivity (Wildman–Crippen MR) is 31.1 cm³/mol. The molecule has 39 valence electrons. The van der Waals surface area contributed by atoms with E-state index in [4.69, 9.17) is 10.8 Å². The lowest BCUT2D eigenvalue weighted by molar-refractivity contribution is 0.537. The Balaban J connectivity index is 3.05. The van der Waals surface area contributed by atoms with E-state index in [1.807, 2.05) is 0 Å². The fraction of sp³-hybridized carbons (Fsp3) is 0. The molecule has 0 amide bonds. The van der Waals surface area contributed by atoms with Crippen molar-refractivity contribution in [2.45, 2.75) is 0 Å². The van der Waals surface area contributed by atoms with Crippen LogP contribution in [0.1, 0.15) is 11.5 Å². The molecule has 0 spiro atoms. The molecule has 1 heteroatoms. The molecule has 0 aliphatic rings. The van der Waals surface area contributed by atoms with Crippen molar-refractivity contribution in [1.82, 2.24) is 0 Å². The zero-order valence-corrected chi connectivity index (χ0v) is 4.35. The first-order chi connectivity index (χ1) is 3.83. The maximum absolute atomic E-state index is 4.99. The van der Waals surface area contributed by atoms with Gasteiger partial charge in [-0.25, -0.2) is 0 Å². The van der Waals surface area contributed by atoms with Gasteiger partial charge in [0.1, 0.15) is 5.76 Å². The van der Waals surface area contributed by atoms with E-state index in [1.165, 1.54) is 0 Å². The smallest absolute Gasteiger partial charge is 0.176 e. The highest BCUT2D eigenvalue weighted by atomic mass is 16.3. The van der Waals surface area contributed by atoms with Gasteiger partial charge in [0.05, 0.1) is 0 Å². The Morgan fingerprint density at radius 1 is 1.62 bits per heavy atom. The van der Waals surface area contributed by atoms with E-state index in [-0.39, 0.29) is 0 Å². The van der Waals surface area contributed by atoms with Crippen molar-refractivity contribution in [2.75, 3.05) is 0 Å². The van der Waals surface area contributed by atoms with Crippen molar-refractivity contribution >= 4 is 0 Å². The number of rotatable bonds is 0. The minimum atomic E-state index is 0.537. The van der Waals surface area contributed by atoms with Crippen LogP contribution in [0.4, 0.5) is 0 Å². The molecule has 0 aliphatic heterocycles. The topological polar surface area (TPSA) is 13.1 Å². The average molecular weight is 105 g/mol. The number of furan rings is 1. The van der Waals surface area contributed by atoms with Gasteiger partial charge in [0, 0.05) is 6.92 Å². The van der Waals surface area contributed by atoms with Gasteiger partial charge in [-0.05, 0) is 18.1 Å². The summed E-state index contributed by atoms with van der Waals surface area (Å²) in [5.41, 5.74) is 0. The van der Waals surface area contributed by atoms with Crippen LogP contribution in [0.5, 0.6) is 0 Å². The molecule has 1 nitrogen and oxygen atoms in total. The van der Waals surface area contributed by atoms with Gasteiger partial charge in [-0.1, -0.05) is 0 Å². The molecule has 1 aromatic heterocycles. The second-order valence-corrected chi connectivity index (χ2v) is 1.41. The Hall–Kier alpha value is -1.16. The molecule has 0 fully saturated rings. The largest absolute Gasteiger partial charge is 0.453 e. The Morgan fingerprint density at radius 3 is 2.62 bits per heavy atom. The van der Waals surface area contributed by atoms with Crippen LogP contribution in [0.25, 0.3) is 0 Å². The predicted octanol–water partition coefficient (Wildman–Crippen LogP) is 1.44. The Labute approximate surface area is 48.3 Å². The van der Waals surface area contributed by atoms with Crippen molar-refractivity contribution in [2.24, 2.45) is 0 Å². The standard InChI is InChI=1S/C7H5O/c1-3-7-5-4-6(2)8-7/h1,4-5H,2H2. The van der Waals surface area contributed by atoms with Crippen molar-refractivity contribution in [3.63, 3.8) is 0 Å². The van der Waals surface area contributed by atoms with Crippen LogP contribution in [0, 0.1) is 19.3 Å². The first-order valence-corrected chi connectivity index (χ1v) is 2.21. The monoisotopic (exact) mass is 105 g/mol.